The molecule has 0 spiro atoms. The summed E-state index contributed by atoms with van der Waals surface area (Å²) in [6.45, 7) is 1.81. The quantitative estimate of drug-likeness (QED) is 0.384. The second-order valence-electron chi connectivity index (χ2n) is 5.29. The van der Waals surface area contributed by atoms with E-state index in [2.05, 4.69) is 10.4 Å². The third-order valence-corrected chi connectivity index (χ3v) is 6.16. The number of rotatable bonds is 5. The first-order valence-corrected chi connectivity index (χ1v) is 10.4. The first-order valence-electron chi connectivity index (χ1n) is 7.51. The summed E-state index contributed by atoms with van der Waals surface area (Å²) in [4.78, 5) is 12.4. The minimum Gasteiger partial charge on any atom is -0.325 e. The lowest BCUT2D eigenvalue weighted by Gasteiger charge is -2.11. The van der Waals surface area contributed by atoms with Crippen molar-refractivity contribution in [3.8, 4) is 5.69 Å². The van der Waals surface area contributed by atoms with Crippen molar-refractivity contribution in [2.45, 2.75) is 16.5 Å². The molecule has 3 rings (SSSR count). The Balaban J connectivity index is 1.71. The van der Waals surface area contributed by atoms with Gasteiger partial charge in [0.2, 0.25) is 5.91 Å². The first kappa shape index (κ1) is 19.4. The first-order chi connectivity index (χ1) is 12.4. The van der Waals surface area contributed by atoms with Crippen LogP contribution in [0.4, 0.5) is 5.69 Å². The maximum Gasteiger partial charge on any atom is 0.237 e. The van der Waals surface area contributed by atoms with E-state index in [9.17, 15) is 4.79 Å². The van der Waals surface area contributed by atoms with Gasteiger partial charge in [-0.25, -0.2) is 4.68 Å². The number of anilines is 1. The lowest BCUT2D eigenvalue weighted by molar-refractivity contribution is -0.115. The number of aromatic nitrogens is 2. The number of thioether (sulfide) groups is 1. The molecule has 1 atom stereocenters. The lowest BCUT2D eigenvalue weighted by Crippen LogP contribution is -2.22. The molecule has 0 bridgehead atoms. The van der Waals surface area contributed by atoms with Crippen LogP contribution in [-0.4, -0.2) is 20.9 Å². The highest BCUT2D eigenvalue weighted by Gasteiger charge is 2.18. The van der Waals surface area contributed by atoms with Crippen LogP contribution in [0.2, 0.25) is 10.0 Å². The van der Waals surface area contributed by atoms with Crippen molar-refractivity contribution in [2.75, 3.05) is 5.32 Å². The molecule has 1 N–H and O–H groups in total. The van der Waals surface area contributed by atoms with Gasteiger partial charge < -0.3 is 5.32 Å². The fraction of sp³-hybridized carbons (Fsp3) is 0.118. The highest BCUT2D eigenvalue weighted by atomic mass is 35.5. The van der Waals surface area contributed by atoms with Crippen LogP contribution in [-0.2, 0) is 4.79 Å². The fourth-order valence-electron chi connectivity index (χ4n) is 2.12. The van der Waals surface area contributed by atoms with Crippen LogP contribution >= 0.6 is 58.5 Å². The average Bonchev–Trinajstić information content (AvgIpc) is 2.95. The van der Waals surface area contributed by atoms with E-state index >= 15 is 0 Å². The molecule has 1 heterocycles. The van der Waals surface area contributed by atoms with Crippen molar-refractivity contribution in [3.05, 3.63) is 62.5 Å². The SMILES string of the molecule is C[C@@H](Sc1nn(-c2ccccc2)c(=S)s1)C(=O)Nc1cc(Cl)cc(Cl)c1. The monoisotopic (exact) mass is 441 g/mol. The number of para-hydroxylation sites is 1. The zero-order valence-electron chi connectivity index (χ0n) is 13.5. The maximum absolute atomic E-state index is 12.4. The standard InChI is InChI=1S/C17H13Cl2N3OS3/c1-10(15(23)20-13-8-11(18)7-12(19)9-13)25-16-21-22(17(24)26-16)14-5-3-2-4-6-14/h2-10H,1H3,(H,20,23)/t10-/m1/s1. The van der Waals surface area contributed by atoms with Crippen molar-refractivity contribution in [1.82, 2.24) is 9.78 Å². The van der Waals surface area contributed by atoms with Gasteiger partial charge in [-0.1, -0.05) is 64.5 Å². The predicted octanol–water partition coefficient (Wildman–Crippen LogP) is 6.09. The zero-order chi connectivity index (χ0) is 18.7. The van der Waals surface area contributed by atoms with Gasteiger partial charge >= 0.3 is 0 Å². The number of hydrogen-bond acceptors (Lipinski definition) is 5. The van der Waals surface area contributed by atoms with Crippen molar-refractivity contribution < 1.29 is 4.79 Å². The molecule has 0 radical (unpaired) electrons. The summed E-state index contributed by atoms with van der Waals surface area (Å²) in [6, 6.07) is 14.6. The van der Waals surface area contributed by atoms with Crippen LogP contribution in [0, 0.1) is 3.95 Å². The highest BCUT2D eigenvalue weighted by Crippen LogP contribution is 2.29. The second-order valence-corrected chi connectivity index (χ2v) is 9.37. The second kappa shape index (κ2) is 8.54. The number of halogens is 2. The molecule has 26 heavy (non-hydrogen) atoms. The summed E-state index contributed by atoms with van der Waals surface area (Å²) in [5, 5.41) is 7.89. The maximum atomic E-state index is 12.4. The van der Waals surface area contributed by atoms with Crippen LogP contribution in [0.5, 0.6) is 0 Å². The Kier molecular flexibility index (Phi) is 6.37. The van der Waals surface area contributed by atoms with E-state index in [1.54, 1.807) is 22.9 Å². The van der Waals surface area contributed by atoms with Gasteiger partial charge in [0.05, 0.1) is 10.9 Å². The molecular formula is C17H13Cl2N3OS3. The predicted molar refractivity (Wildman–Crippen MR) is 113 cm³/mol. The molecule has 2 aromatic carbocycles. The molecule has 1 amide bonds. The number of amides is 1. The summed E-state index contributed by atoms with van der Waals surface area (Å²) in [6.07, 6.45) is 0. The van der Waals surface area contributed by atoms with Gasteiger partial charge in [0.1, 0.15) is 0 Å². The molecule has 1 aromatic heterocycles. The molecule has 0 saturated heterocycles. The Bertz CT molecular complexity index is 968. The van der Waals surface area contributed by atoms with E-state index in [0.29, 0.717) is 19.7 Å². The number of hydrogen-bond donors (Lipinski definition) is 1. The third kappa shape index (κ3) is 4.86. The number of carbonyl (C=O) groups excluding carboxylic acids is 1. The minimum atomic E-state index is -0.363. The molecule has 4 nitrogen and oxygen atoms in total. The van der Waals surface area contributed by atoms with Crippen LogP contribution in [0.15, 0.2) is 52.9 Å². The number of nitrogens with one attached hydrogen (secondary N) is 1. The number of benzene rings is 2. The van der Waals surface area contributed by atoms with E-state index in [1.165, 1.54) is 23.1 Å². The molecule has 0 aliphatic carbocycles. The Morgan fingerprint density at radius 1 is 1.23 bits per heavy atom. The Morgan fingerprint density at radius 2 is 1.88 bits per heavy atom. The summed E-state index contributed by atoms with van der Waals surface area (Å²) >= 11 is 20.0. The number of nitrogens with zero attached hydrogens (tertiary/aromatic N) is 2. The molecular weight excluding hydrogens is 429 g/mol. The Labute approximate surface area is 174 Å². The van der Waals surface area contributed by atoms with Crippen LogP contribution in [0.1, 0.15) is 6.92 Å². The van der Waals surface area contributed by atoms with Gasteiger partial charge in [0, 0.05) is 15.7 Å². The normalized spacial score (nSPS) is 12.0. The van der Waals surface area contributed by atoms with Gasteiger partial charge in [-0.15, -0.1) is 5.10 Å². The van der Waals surface area contributed by atoms with Crippen LogP contribution in [0.3, 0.4) is 0 Å². The van der Waals surface area contributed by atoms with Crippen molar-refractivity contribution >= 4 is 70.1 Å². The van der Waals surface area contributed by atoms with E-state index in [4.69, 9.17) is 35.4 Å². The average molecular weight is 442 g/mol. The molecule has 9 heteroatoms. The summed E-state index contributed by atoms with van der Waals surface area (Å²) in [5.74, 6) is -0.166. The molecule has 0 fully saturated rings. The molecule has 134 valence electrons. The van der Waals surface area contributed by atoms with Gasteiger partial charge in [0.25, 0.3) is 0 Å². The smallest absolute Gasteiger partial charge is 0.237 e. The zero-order valence-corrected chi connectivity index (χ0v) is 17.4. The Morgan fingerprint density at radius 3 is 2.54 bits per heavy atom. The molecule has 0 aliphatic rings. The van der Waals surface area contributed by atoms with E-state index in [0.717, 1.165) is 10.0 Å². The van der Waals surface area contributed by atoms with Gasteiger partial charge in [0.15, 0.2) is 8.29 Å². The molecule has 3 aromatic rings. The number of carbonyl (C=O) groups is 1. The molecule has 0 unspecified atom stereocenters. The van der Waals surface area contributed by atoms with Crippen LogP contribution < -0.4 is 5.32 Å². The fourth-order valence-corrected chi connectivity index (χ4v) is 5.15. The van der Waals surface area contributed by atoms with Crippen LogP contribution in [0.25, 0.3) is 5.69 Å². The molecule has 0 saturated carbocycles. The van der Waals surface area contributed by atoms with E-state index in [-0.39, 0.29) is 11.2 Å². The van der Waals surface area contributed by atoms with Gasteiger partial charge in [-0.2, -0.15) is 0 Å². The van der Waals surface area contributed by atoms with Crippen molar-refractivity contribution in [2.24, 2.45) is 0 Å². The summed E-state index contributed by atoms with van der Waals surface area (Å²) in [5.41, 5.74) is 1.45. The van der Waals surface area contributed by atoms with Gasteiger partial charge in [-0.3, -0.25) is 4.79 Å². The molecule has 0 aliphatic heterocycles. The third-order valence-electron chi connectivity index (χ3n) is 3.31. The van der Waals surface area contributed by atoms with Crippen molar-refractivity contribution in [1.29, 1.82) is 0 Å². The largest absolute Gasteiger partial charge is 0.325 e. The van der Waals surface area contributed by atoms with E-state index in [1.807, 2.05) is 37.3 Å². The van der Waals surface area contributed by atoms with Crippen molar-refractivity contribution in [3.63, 3.8) is 0 Å². The topological polar surface area (TPSA) is 46.9 Å². The van der Waals surface area contributed by atoms with Gasteiger partial charge in [-0.05, 0) is 49.5 Å². The highest BCUT2D eigenvalue weighted by molar-refractivity contribution is 8.02. The minimum absolute atomic E-state index is 0.166. The van der Waals surface area contributed by atoms with E-state index < -0.39 is 0 Å². The summed E-state index contributed by atoms with van der Waals surface area (Å²) < 4.78 is 3.06. The Hall–Kier alpha value is -1.38. The summed E-state index contributed by atoms with van der Waals surface area (Å²) in [7, 11) is 0. The lowest BCUT2D eigenvalue weighted by atomic mass is 10.3.